The van der Waals surface area contributed by atoms with Crippen LogP contribution in [0.15, 0.2) is 59.5 Å². The molecule has 130 valence electrons. The van der Waals surface area contributed by atoms with Crippen LogP contribution in [0.25, 0.3) is 16.5 Å². The summed E-state index contributed by atoms with van der Waals surface area (Å²) < 4.78 is 7.02. The second kappa shape index (κ2) is 6.78. The zero-order valence-corrected chi connectivity index (χ0v) is 15.2. The lowest BCUT2D eigenvalue weighted by Crippen LogP contribution is -2.15. The molecule has 0 saturated carbocycles. The summed E-state index contributed by atoms with van der Waals surface area (Å²) in [6.45, 7) is 1.85. The molecular weight excluding hydrogens is 372 g/mol. The molecule has 0 spiro atoms. The van der Waals surface area contributed by atoms with Crippen molar-refractivity contribution in [2.75, 3.05) is 5.32 Å². The molecule has 8 heteroatoms. The average molecular weight is 385 g/mol. The Kier molecular flexibility index (Phi) is 4.32. The Balaban J connectivity index is 1.66. The number of benzene rings is 1. The third kappa shape index (κ3) is 3.14. The van der Waals surface area contributed by atoms with Crippen LogP contribution in [0.2, 0.25) is 5.02 Å². The van der Waals surface area contributed by atoms with E-state index >= 15 is 0 Å². The van der Waals surface area contributed by atoms with Gasteiger partial charge in [0.1, 0.15) is 5.69 Å². The monoisotopic (exact) mass is 384 g/mol. The van der Waals surface area contributed by atoms with E-state index in [4.69, 9.17) is 16.0 Å². The zero-order valence-electron chi connectivity index (χ0n) is 13.6. The molecule has 0 aliphatic heterocycles. The first-order valence-electron chi connectivity index (χ1n) is 7.74. The van der Waals surface area contributed by atoms with Gasteiger partial charge in [-0.05, 0) is 43.3 Å². The molecule has 0 unspecified atom stereocenters. The number of hydrogen-bond donors (Lipinski definition) is 1. The van der Waals surface area contributed by atoms with Crippen molar-refractivity contribution in [2.45, 2.75) is 6.92 Å². The largest absolute Gasteiger partial charge is 0.462 e. The highest BCUT2D eigenvalue weighted by atomic mass is 35.5. The van der Waals surface area contributed by atoms with Crippen molar-refractivity contribution in [3.05, 3.63) is 70.6 Å². The number of nitrogens with one attached hydrogen (secondary N) is 1. The summed E-state index contributed by atoms with van der Waals surface area (Å²) in [7, 11) is 0. The third-order valence-corrected chi connectivity index (χ3v) is 4.92. The highest BCUT2D eigenvalue weighted by Gasteiger charge is 2.19. The molecule has 0 fully saturated rings. The number of thiazole rings is 1. The number of carbonyl (C=O) groups excluding carboxylic acids is 1. The van der Waals surface area contributed by atoms with E-state index in [1.54, 1.807) is 53.7 Å². The summed E-state index contributed by atoms with van der Waals surface area (Å²) in [5, 5.41) is 8.27. The molecule has 4 rings (SSSR count). The Morgan fingerprint density at radius 3 is 2.92 bits per heavy atom. The first-order valence-corrected chi connectivity index (χ1v) is 8.93. The average Bonchev–Trinajstić information content (AvgIpc) is 3.36. The summed E-state index contributed by atoms with van der Waals surface area (Å²) in [5.41, 5.74) is 1.62. The van der Waals surface area contributed by atoms with Gasteiger partial charge in [0, 0.05) is 22.3 Å². The van der Waals surface area contributed by atoms with E-state index in [0.29, 0.717) is 32.9 Å². The number of nitrogens with zero attached hydrogens (tertiary/aromatic N) is 3. The van der Waals surface area contributed by atoms with Crippen LogP contribution < -0.4 is 5.32 Å². The fourth-order valence-electron chi connectivity index (χ4n) is 2.51. The molecule has 0 atom stereocenters. The molecule has 3 aromatic heterocycles. The Hall–Kier alpha value is -2.90. The minimum atomic E-state index is -0.313. The molecule has 1 amide bonds. The lowest BCUT2D eigenvalue weighted by atomic mass is 10.2. The van der Waals surface area contributed by atoms with Gasteiger partial charge >= 0.3 is 0 Å². The van der Waals surface area contributed by atoms with Gasteiger partial charge in [-0.2, -0.15) is 5.10 Å². The van der Waals surface area contributed by atoms with Crippen molar-refractivity contribution in [1.82, 2.24) is 14.8 Å². The number of hydrogen-bond acceptors (Lipinski definition) is 5. The Morgan fingerprint density at radius 1 is 1.31 bits per heavy atom. The van der Waals surface area contributed by atoms with Gasteiger partial charge in [0.15, 0.2) is 10.8 Å². The number of anilines is 1. The van der Waals surface area contributed by atoms with E-state index in [9.17, 15) is 4.79 Å². The quantitative estimate of drug-likeness (QED) is 0.548. The van der Waals surface area contributed by atoms with Crippen LogP contribution in [-0.2, 0) is 0 Å². The number of rotatable bonds is 4. The second-order valence-electron chi connectivity index (χ2n) is 5.47. The molecule has 3 heterocycles. The number of aryl methyl sites for hydroxylation is 1. The topological polar surface area (TPSA) is 73.0 Å². The Labute approximate surface area is 158 Å². The molecule has 1 N–H and O–H groups in total. The van der Waals surface area contributed by atoms with Crippen LogP contribution in [0.4, 0.5) is 5.69 Å². The molecule has 6 nitrogen and oxygen atoms in total. The maximum absolute atomic E-state index is 12.8. The van der Waals surface area contributed by atoms with Crippen molar-refractivity contribution in [3.8, 4) is 16.5 Å². The molecular formula is C18H13ClN4O2S. The van der Waals surface area contributed by atoms with Crippen LogP contribution in [0.3, 0.4) is 0 Å². The highest BCUT2D eigenvalue weighted by Crippen LogP contribution is 2.29. The summed E-state index contributed by atoms with van der Waals surface area (Å²) in [6, 6.07) is 10.6. The Morgan fingerprint density at radius 2 is 2.19 bits per heavy atom. The van der Waals surface area contributed by atoms with Crippen LogP contribution in [0.5, 0.6) is 0 Å². The van der Waals surface area contributed by atoms with Crippen LogP contribution in [0.1, 0.15) is 15.4 Å². The van der Waals surface area contributed by atoms with E-state index in [0.717, 1.165) is 4.88 Å². The number of halogens is 1. The van der Waals surface area contributed by atoms with Crippen molar-refractivity contribution in [2.24, 2.45) is 0 Å². The number of carbonyl (C=O) groups is 1. The lowest BCUT2D eigenvalue weighted by Gasteiger charge is -2.11. The van der Waals surface area contributed by atoms with E-state index in [2.05, 4.69) is 15.4 Å². The third-order valence-electron chi connectivity index (χ3n) is 3.70. The van der Waals surface area contributed by atoms with Gasteiger partial charge < -0.3 is 9.73 Å². The maximum atomic E-state index is 12.8. The molecule has 4 aromatic rings. The zero-order chi connectivity index (χ0) is 18.1. The van der Waals surface area contributed by atoms with Crippen molar-refractivity contribution >= 4 is 34.5 Å². The lowest BCUT2D eigenvalue weighted by molar-refractivity contribution is 0.102. The SMILES string of the molecule is Cc1sc(-c2ccco2)nc1C(=O)Nc1cc(Cl)ccc1-n1cccn1. The number of furan rings is 1. The summed E-state index contributed by atoms with van der Waals surface area (Å²) >= 11 is 7.51. The van der Waals surface area contributed by atoms with Gasteiger partial charge in [0.05, 0.1) is 17.6 Å². The van der Waals surface area contributed by atoms with Gasteiger partial charge in [-0.3, -0.25) is 4.79 Å². The number of amides is 1. The van der Waals surface area contributed by atoms with Gasteiger partial charge in [0.2, 0.25) is 0 Å². The molecule has 26 heavy (non-hydrogen) atoms. The minimum absolute atomic E-state index is 0.313. The number of aromatic nitrogens is 3. The molecule has 0 aliphatic rings. The standard InChI is InChI=1S/C18H13ClN4O2S/c1-11-16(22-18(26-11)15-4-2-9-25-15)17(24)21-13-10-12(19)5-6-14(13)23-8-3-7-20-23/h2-10H,1H3,(H,21,24). The summed E-state index contributed by atoms with van der Waals surface area (Å²) in [6.07, 6.45) is 5.04. The maximum Gasteiger partial charge on any atom is 0.275 e. The van der Waals surface area contributed by atoms with E-state index in [-0.39, 0.29) is 5.91 Å². The fraction of sp³-hybridized carbons (Fsp3) is 0.0556. The first kappa shape index (κ1) is 16.6. The smallest absolute Gasteiger partial charge is 0.275 e. The van der Waals surface area contributed by atoms with Gasteiger partial charge in [-0.15, -0.1) is 11.3 Å². The summed E-state index contributed by atoms with van der Waals surface area (Å²) in [4.78, 5) is 18.0. The van der Waals surface area contributed by atoms with Crippen LogP contribution in [0, 0.1) is 6.92 Å². The van der Waals surface area contributed by atoms with Gasteiger partial charge in [0.25, 0.3) is 5.91 Å². The Bertz CT molecular complexity index is 1060. The fourth-order valence-corrected chi connectivity index (χ4v) is 3.56. The van der Waals surface area contributed by atoms with Crippen molar-refractivity contribution in [3.63, 3.8) is 0 Å². The molecule has 0 saturated heterocycles. The van der Waals surface area contributed by atoms with Crippen LogP contribution >= 0.6 is 22.9 Å². The van der Waals surface area contributed by atoms with E-state index in [1.165, 1.54) is 11.3 Å². The second-order valence-corrected chi connectivity index (χ2v) is 7.11. The summed E-state index contributed by atoms with van der Waals surface area (Å²) in [5.74, 6) is 0.323. The van der Waals surface area contributed by atoms with Crippen molar-refractivity contribution < 1.29 is 9.21 Å². The van der Waals surface area contributed by atoms with E-state index in [1.807, 2.05) is 13.0 Å². The highest BCUT2D eigenvalue weighted by molar-refractivity contribution is 7.15. The molecule has 0 bridgehead atoms. The molecule has 0 radical (unpaired) electrons. The van der Waals surface area contributed by atoms with E-state index < -0.39 is 0 Å². The van der Waals surface area contributed by atoms with Crippen molar-refractivity contribution in [1.29, 1.82) is 0 Å². The van der Waals surface area contributed by atoms with Crippen LogP contribution in [-0.4, -0.2) is 20.7 Å². The predicted octanol–water partition coefficient (Wildman–Crippen LogP) is 4.80. The molecule has 0 aliphatic carbocycles. The molecule has 1 aromatic carbocycles. The predicted molar refractivity (Wildman–Crippen MR) is 101 cm³/mol. The van der Waals surface area contributed by atoms with Gasteiger partial charge in [-0.1, -0.05) is 11.6 Å². The normalized spacial score (nSPS) is 10.8. The van der Waals surface area contributed by atoms with Gasteiger partial charge in [-0.25, -0.2) is 9.67 Å². The minimum Gasteiger partial charge on any atom is -0.462 e. The first-order chi connectivity index (χ1) is 12.6.